The van der Waals surface area contributed by atoms with Crippen LogP contribution in [0.4, 0.5) is 0 Å². The molecular formula is C12H19NO3S. The molecule has 0 aliphatic rings. The van der Waals surface area contributed by atoms with Gasteiger partial charge in [-0.15, -0.1) is 0 Å². The highest BCUT2D eigenvalue weighted by atomic mass is 32.2. The molecule has 1 aromatic carbocycles. The molecule has 0 aliphatic carbocycles. The first-order valence-electron chi connectivity index (χ1n) is 5.58. The lowest BCUT2D eigenvalue weighted by atomic mass is 10.3. The van der Waals surface area contributed by atoms with Crippen molar-refractivity contribution >= 4 is 10.8 Å². The lowest BCUT2D eigenvalue weighted by Gasteiger charge is -2.09. The first-order valence-corrected chi connectivity index (χ1v) is 7.07. The molecule has 17 heavy (non-hydrogen) atoms. The predicted molar refractivity (Wildman–Crippen MR) is 70.0 cm³/mol. The standard InChI is InChI=1S/C12H19NO3S/c1-15-11-5-2-3-6-12(11)16-8-10-17(14)9-4-7-13/h2-3,5-6H,4,7-10,13H2,1H3. The summed E-state index contributed by atoms with van der Waals surface area (Å²) in [6.45, 7) is 1.01. The average Bonchev–Trinajstić information content (AvgIpc) is 2.37. The number of para-hydroxylation sites is 2. The Labute approximate surface area is 105 Å². The van der Waals surface area contributed by atoms with E-state index in [1.54, 1.807) is 7.11 Å². The molecule has 0 saturated carbocycles. The zero-order chi connectivity index (χ0) is 12.5. The highest BCUT2D eigenvalue weighted by Crippen LogP contribution is 2.25. The van der Waals surface area contributed by atoms with E-state index < -0.39 is 10.8 Å². The van der Waals surface area contributed by atoms with Gasteiger partial charge in [0.2, 0.25) is 0 Å². The van der Waals surface area contributed by atoms with Crippen LogP contribution in [0.5, 0.6) is 11.5 Å². The van der Waals surface area contributed by atoms with Gasteiger partial charge >= 0.3 is 0 Å². The summed E-state index contributed by atoms with van der Waals surface area (Å²) in [5.74, 6) is 2.55. The van der Waals surface area contributed by atoms with Crippen LogP contribution in [-0.2, 0) is 10.8 Å². The Bertz CT molecular complexity index is 357. The van der Waals surface area contributed by atoms with Crippen molar-refractivity contribution in [2.75, 3.05) is 31.8 Å². The third-order valence-electron chi connectivity index (χ3n) is 2.21. The van der Waals surface area contributed by atoms with Crippen LogP contribution >= 0.6 is 0 Å². The average molecular weight is 257 g/mol. The topological polar surface area (TPSA) is 61.5 Å². The fourth-order valence-electron chi connectivity index (χ4n) is 1.33. The maximum atomic E-state index is 11.5. The molecule has 1 rings (SSSR count). The van der Waals surface area contributed by atoms with Crippen LogP contribution in [0.15, 0.2) is 24.3 Å². The number of methoxy groups -OCH3 is 1. The van der Waals surface area contributed by atoms with Crippen molar-refractivity contribution in [1.29, 1.82) is 0 Å². The van der Waals surface area contributed by atoms with E-state index in [4.69, 9.17) is 15.2 Å². The van der Waals surface area contributed by atoms with Gasteiger partial charge in [-0.1, -0.05) is 12.1 Å². The van der Waals surface area contributed by atoms with Gasteiger partial charge in [0.1, 0.15) is 0 Å². The minimum Gasteiger partial charge on any atom is -0.493 e. The number of hydrogen-bond donors (Lipinski definition) is 1. The molecule has 0 spiro atoms. The Balaban J connectivity index is 2.33. The molecule has 1 atom stereocenters. The summed E-state index contributed by atoms with van der Waals surface area (Å²) in [4.78, 5) is 0. The summed E-state index contributed by atoms with van der Waals surface area (Å²) in [6.07, 6.45) is 0.793. The van der Waals surface area contributed by atoms with Gasteiger partial charge < -0.3 is 15.2 Å². The largest absolute Gasteiger partial charge is 0.493 e. The minimum atomic E-state index is -0.848. The molecule has 2 N–H and O–H groups in total. The SMILES string of the molecule is COc1ccccc1OCCS(=O)CCCN. The van der Waals surface area contributed by atoms with Gasteiger partial charge in [0, 0.05) is 16.6 Å². The van der Waals surface area contributed by atoms with E-state index in [1.807, 2.05) is 24.3 Å². The monoisotopic (exact) mass is 257 g/mol. The van der Waals surface area contributed by atoms with Crippen LogP contribution in [0.1, 0.15) is 6.42 Å². The van der Waals surface area contributed by atoms with Crippen molar-refractivity contribution in [1.82, 2.24) is 0 Å². The van der Waals surface area contributed by atoms with Crippen LogP contribution in [-0.4, -0.2) is 36.0 Å². The van der Waals surface area contributed by atoms with Gasteiger partial charge in [-0.25, -0.2) is 0 Å². The van der Waals surface area contributed by atoms with Gasteiger partial charge in [0.25, 0.3) is 0 Å². The second-order valence-electron chi connectivity index (χ2n) is 3.49. The number of hydrogen-bond acceptors (Lipinski definition) is 4. The molecule has 0 radical (unpaired) electrons. The zero-order valence-corrected chi connectivity index (χ0v) is 10.9. The Hall–Kier alpha value is -1.07. The molecule has 0 amide bonds. The minimum absolute atomic E-state index is 0.428. The van der Waals surface area contributed by atoms with E-state index in [-0.39, 0.29) is 0 Å². The van der Waals surface area contributed by atoms with Crippen LogP contribution in [0.2, 0.25) is 0 Å². The van der Waals surface area contributed by atoms with E-state index in [0.29, 0.717) is 36.2 Å². The molecule has 96 valence electrons. The van der Waals surface area contributed by atoms with Crippen molar-refractivity contribution in [3.05, 3.63) is 24.3 Å². The molecule has 0 heterocycles. The molecule has 0 bridgehead atoms. The summed E-state index contributed by atoms with van der Waals surface area (Å²) in [5.41, 5.74) is 5.35. The highest BCUT2D eigenvalue weighted by molar-refractivity contribution is 7.84. The lowest BCUT2D eigenvalue weighted by molar-refractivity contribution is 0.312. The molecule has 5 heteroatoms. The quantitative estimate of drug-likeness (QED) is 0.759. The van der Waals surface area contributed by atoms with Crippen LogP contribution in [0.25, 0.3) is 0 Å². The van der Waals surface area contributed by atoms with Crippen LogP contribution < -0.4 is 15.2 Å². The van der Waals surface area contributed by atoms with Crippen molar-refractivity contribution in [3.63, 3.8) is 0 Å². The Kier molecular flexibility index (Phi) is 6.65. The van der Waals surface area contributed by atoms with E-state index in [2.05, 4.69) is 0 Å². The summed E-state index contributed by atoms with van der Waals surface area (Å²) in [7, 11) is 0.751. The smallest absolute Gasteiger partial charge is 0.161 e. The molecule has 0 aliphatic heterocycles. The Morgan fingerprint density at radius 1 is 1.24 bits per heavy atom. The van der Waals surface area contributed by atoms with E-state index in [0.717, 1.165) is 6.42 Å². The summed E-state index contributed by atoms with van der Waals surface area (Å²) >= 11 is 0. The summed E-state index contributed by atoms with van der Waals surface area (Å²) in [6, 6.07) is 7.43. The maximum absolute atomic E-state index is 11.5. The molecule has 1 aromatic rings. The van der Waals surface area contributed by atoms with E-state index in [9.17, 15) is 4.21 Å². The first kappa shape index (κ1) is 14.0. The Morgan fingerprint density at radius 2 is 1.94 bits per heavy atom. The van der Waals surface area contributed by atoms with E-state index in [1.165, 1.54) is 0 Å². The van der Waals surface area contributed by atoms with Crippen LogP contribution in [0, 0.1) is 0 Å². The fourth-order valence-corrected chi connectivity index (χ4v) is 2.29. The number of nitrogens with two attached hydrogens (primary N) is 1. The second kappa shape index (κ2) is 8.08. The van der Waals surface area contributed by atoms with Crippen LogP contribution in [0.3, 0.4) is 0 Å². The first-order chi connectivity index (χ1) is 8.27. The normalized spacial score (nSPS) is 12.1. The second-order valence-corrected chi connectivity index (χ2v) is 5.19. The zero-order valence-electron chi connectivity index (χ0n) is 10.1. The molecular weight excluding hydrogens is 238 g/mol. The molecule has 4 nitrogen and oxygen atoms in total. The summed E-state index contributed by atoms with van der Waals surface area (Å²) in [5, 5.41) is 0. The van der Waals surface area contributed by atoms with Gasteiger partial charge in [0.05, 0.1) is 19.5 Å². The molecule has 0 aromatic heterocycles. The number of ether oxygens (including phenoxy) is 2. The van der Waals surface area contributed by atoms with Crippen molar-refractivity contribution in [2.24, 2.45) is 5.73 Å². The van der Waals surface area contributed by atoms with Gasteiger partial charge in [-0.05, 0) is 25.1 Å². The maximum Gasteiger partial charge on any atom is 0.161 e. The third-order valence-corrected chi connectivity index (χ3v) is 3.58. The fraction of sp³-hybridized carbons (Fsp3) is 0.500. The van der Waals surface area contributed by atoms with Crippen molar-refractivity contribution in [2.45, 2.75) is 6.42 Å². The predicted octanol–water partition coefficient (Wildman–Crippen LogP) is 1.17. The van der Waals surface area contributed by atoms with Gasteiger partial charge in [-0.3, -0.25) is 4.21 Å². The highest BCUT2D eigenvalue weighted by Gasteiger charge is 2.04. The summed E-state index contributed by atoms with van der Waals surface area (Å²) < 4.78 is 22.2. The van der Waals surface area contributed by atoms with Gasteiger partial charge in [0.15, 0.2) is 11.5 Å². The number of benzene rings is 1. The van der Waals surface area contributed by atoms with Crippen molar-refractivity contribution < 1.29 is 13.7 Å². The molecule has 0 fully saturated rings. The van der Waals surface area contributed by atoms with Gasteiger partial charge in [-0.2, -0.15) is 0 Å². The Morgan fingerprint density at radius 3 is 2.59 bits per heavy atom. The molecule has 1 unspecified atom stereocenters. The third kappa shape index (κ3) is 5.19. The number of rotatable bonds is 8. The lowest BCUT2D eigenvalue weighted by Crippen LogP contribution is -2.13. The van der Waals surface area contributed by atoms with Crippen molar-refractivity contribution in [3.8, 4) is 11.5 Å². The molecule has 0 saturated heterocycles. The van der Waals surface area contributed by atoms with E-state index >= 15 is 0 Å².